The van der Waals surface area contributed by atoms with Crippen molar-refractivity contribution in [3.05, 3.63) is 41.2 Å². The van der Waals surface area contributed by atoms with Crippen LogP contribution in [0.1, 0.15) is 23.4 Å². The Morgan fingerprint density at radius 1 is 1.42 bits per heavy atom. The first-order chi connectivity index (χ1) is 9.22. The molecule has 2 heterocycles. The van der Waals surface area contributed by atoms with Crippen molar-refractivity contribution in [2.45, 2.75) is 25.8 Å². The maximum absolute atomic E-state index is 5.91. The summed E-state index contributed by atoms with van der Waals surface area (Å²) in [7, 11) is 0. The van der Waals surface area contributed by atoms with Gasteiger partial charge in [-0.2, -0.15) is 4.98 Å². The number of hydrogen-bond donors (Lipinski definition) is 2. The summed E-state index contributed by atoms with van der Waals surface area (Å²) in [5, 5.41) is 7.32. The van der Waals surface area contributed by atoms with Crippen LogP contribution in [0.4, 0.5) is 5.95 Å². The third kappa shape index (κ3) is 2.61. The topological polar surface area (TPSA) is 70.8 Å². The average molecular weight is 257 g/mol. The van der Waals surface area contributed by atoms with Gasteiger partial charge < -0.3 is 10.6 Å². The summed E-state index contributed by atoms with van der Waals surface area (Å²) in [6.45, 7) is 3.91. The van der Waals surface area contributed by atoms with E-state index in [1.807, 2.05) is 0 Å². The van der Waals surface area contributed by atoms with Gasteiger partial charge in [-0.3, -0.25) is 5.10 Å². The van der Waals surface area contributed by atoms with Crippen LogP contribution in [-0.4, -0.2) is 34.3 Å². The van der Waals surface area contributed by atoms with Crippen LogP contribution in [0.25, 0.3) is 0 Å². The van der Waals surface area contributed by atoms with Gasteiger partial charge in [0.2, 0.25) is 5.95 Å². The van der Waals surface area contributed by atoms with Crippen molar-refractivity contribution in [1.82, 2.24) is 15.2 Å². The van der Waals surface area contributed by atoms with Gasteiger partial charge in [-0.15, -0.1) is 5.10 Å². The highest BCUT2D eigenvalue weighted by atomic mass is 15.4. The summed E-state index contributed by atoms with van der Waals surface area (Å²) in [4.78, 5) is 6.71. The number of aryl methyl sites for hydroxylation is 1. The molecule has 19 heavy (non-hydrogen) atoms. The number of rotatable bonds is 3. The summed E-state index contributed by atoms with van der Waals surface area (Å²) in [5.74, 6) is 1.68. The fourth-order valence-corrected chi connectivity index (χ4v) is 2.46. The molecule has 1 aliphatic rings. The number of nitrogens with zero attached hydrogens (tertiary/aromatic N) is 3. The standard InChI is InChI=1S/C14H19N5/c1-10-4-2-3-5-11(10)8-13-16-14(18-17-13)19-7-6-12(15)9-19/h2-5,12H,6-9,15H2,1H3,(H,16,17,18). The molecule has 1 atom stereocenters. The summed E-state index contributed by atoms with van der Waals surface area (Å²) in [5.41, 5.74) is 8.47. The zero-order valence-electron chi connectivity index (χ0n) is 11.1. The smallest absolute Gasteiger partial charge is 0.244 e. The van der Waals surface area contributed by atoms with Crippen LogP contribution in [0.2, 0.25) is 0 Å². The minimum atomic E-state index is 0.248. The lowest BCUT2D eigenvalue weighted by Crippen LogP contribution is -2.27. The van der Waals surface area contributed by atoms with Crippen LogP contribution >= 0.6 is 0 Å². The number of nitrogens with one attached hydrogen (secondary N) is 1. The van der Waals surface area contributed by atoms with Gasteiger partial charge in [-0.25, -0.2) is 0 Å². The molecule has 1 aliphatic heterocycles. The molecule has 0 radical (unpaired) electrons. The number of anilines is 1. The second-order valence-corrected chi connectivity index (χ2v) is 5.18. The van der Waals surface area contributed by atoms with E-state index in [9.17, 15) is 0 Å². The van der Waals surface area contributed by atoms with Gasteiger partial charge >= 0.3 is 0 Å². The molecular formula is C14H19N5. The molecule has 1 aromatic heterocycles. The Kier molecular flexibility index (Phi) is 3.21. The largest absolute Gasteiger partial charge is 0.338 e. The van der Waals surface area contributed by atoms with Gasteiger partial charge in [0, 0.05) is 25.6 Å². The van der Waals surface area contributed by atoms with Crippen molar-refractivity contribution >= 4 is 5.95 Å². The molecule has 1 saturated heterocycles. The van der Waals surface area contributed by atoms with E-state index in [0.29, 0.717) is 0 Å². The second kappa shape index (κ2) is 5.01. The van der Waals surface area contributed by atoms with E-state index in [1.54, 1.807) is 0 Å². The molecule has 0 bridgehead atoms. The monoisotopic (exact) mass is 257 g/mol. The molecule has 5 nitrogen and oxygen atoms in total. The molecule has 100 valence electrons. The van der Waals surface area contributed by atoms with Crippen LogP contribution in [0.3, 0.4) is 0 Å². The second-order valence-electron chi connectivity index (χ2n) is 5.18. The van der Waals surface area contributed by atoms with Crippen molar-refractivity contribution in [3.63, 3.8) is 0 Å². The van der Waals surface area contributed by atoms with Crippen molar-refractivity contribution < 1.29 is 0 Å². The van der Waals surface area contributed by atoms with Gasteiger partial charge in [0.15, 0.2) is 0 Å². The molecular weight excluding hydrogens is 238 g/mol. The quantitative estimate of drug-likeness (QED) is 0.868. The normalized spacial score (nSPS) is 19.1. The highest BCUT2D eigenvalue weighted by Gasteiger charge is 2.22. The molecule has 5 heteroatoms. The summed E-state index contributed by atoms with van der Waals surface area (Å²) in [6.07, 6.45) is 1.81. The van der Waals surface area contributed by atoms with Gasteiger partial charge in [0.1, 0.15) is 5.82 Å². The number of aromatic nitrogens is 3. The van der Waals surface area contributed by atoms with Gasteiger partial charge in [0.25, 0.3) is 0 Å². The number of nitrogens with two attached hydrogens (primary N) is 1. The fourth-order valence-electron chi connectivity index (χ4n) is 2.46. The highest BCUT2D eigenvalue weighted by molar-refractivity contribution is 5.33. The van der Waals surface area contributed by atoms with Gasteiger partial charge in [0.05, 0.1) is 0 Å². The molecule has 3 rings (SSSR count). The molecule has 0 amide bonds. The van der Waals surface area contributed by atoms with E-state index in [0.717, 1.165) is 37.7 Å². The lowest BCUT2D eigenvalue weighted by Gasteiger charge is -2.11. The first-order valence-electron chi connectivity index (χ1n) is 6.68. The first-order valence-corrected chi connectivity index (χ1v) is 6.68. The number of H-pyrrole nitrogens is 1. The van der Waals surface area contributed by atoms with Crippen molar-refractivity contribution in [2.24, 2.45) is 5.73 Å². The van der Waals surface area contributed by atoms with Crippen LogP contribution in [0, 0.1) is 6.92 Å². The Morgan fingerprint density at radius 3 is 3.00 bits per heavy atom. The molecule has 0 aliphatic carbocycles. The molecule has 2 aromatic rings. The number of hydrogen-bond acceptors (Lipinski definition) is 4. The van der Waals surface area contributed by atoms with Crippen molar-refractivity contribution in [2.75, 3.05) is 18.0 Å². The Labute approximate surface area is 112 Å². The highest BCUT2D eigenvalue weighted by Crippen LogP contribution is 2.16. The molecule has 3 N–H and O–H groups in total. The molecule has 1 aromatic carbocycles. The summed E-state index contributed by atoms with van der Waals surface area (Å²) in [6, 6.07) is 8.60. The van der Waals surface area contributed by atoms with Gasteiger partial charge in [-0.1, -0.05) is 24.3 Å². The van der Waals surface area contributed by atoms with E-state index in [-0.39, 0.29) is 6.04 Å². The predicted molar refractivity (Wildman–Crippen MR) is 75.2 cm³/mol. The van der Waals surface area contributed by atoms with E-state index in [1.165, 1.54) is 11.1 Å². The molecule has 1 fully saturated rings. The Hall–Kier alpha value is -1.88. The number of benzene rings is 1. The van der Waals surface area contributed by atoms with Crippen molar-refractivity contribution in [1.29, 1.82) is 0 Å². The minimum absolute atomic E-state index is 0.248. The SMILES string of the molecule is Cc1ccccc1Cc1nc(N2CCC(N)C2)n[nH]1. The Balaban J connectivity index is 1.73. The van der Waals surface area contributed by atoms with E-state index in [4.69, 9.17) is 5.73 Å². The van der Waals surface area contributed by atoms with E-state index >= 15 is 0 Å². The molecule has 0 saturated carbocycles. The third-order valence-corrected chi connectivity index (χ3v) is 3.65. The average Bonchev–Trinajstić information content (AvgIpc) is 3.01. The molecule has 0 spiro atoms. The maximum Gasteiger partial charge on any atom is 0.244 e. The van der Waals surface area contributed by atoms with Crippen molar-refractivity contribution in [3.8, 4) is 0 Å². The summed E-state index contributed by atoms with van der Waals surface area (Å²) >= 11 is 0. The predicted octanol–water partition coefficient (Wildman–Crippen LogP) is 1.24. The maximum atomic E-state index is 5.91. The number of aromatic amines is 1. The zero-order valence-corrected chi connectivity index (χ0v) is 11.1. The fraction of sp³-hybridized carbons (Fsp3) is 0.429. The lowest BCUT2D eigenvalue weighted by atomic mass is 10.1. The first kappa shape index (κ1) is 12.2. The molecule has 1 unspecified atom stereocenters. The third-order valence-electron chi connectivity index (χ3n) is 3.65. The zero-order chi connectivity index (χ0) is 13.2. The van der Waals surface area contributed by atoms with Crippen LogP contribution in [0.5, 0.6) is 0 Å². The lowest BCUT2D eigenvalue weighted by molar-refractivity contribution is 0.750. The minimum Gasteiger partial charge on any atom is -0.338 e. The van der Waals surface area contributed by atoms with Crippen LogP contribution in [-0.2, 0) is 6.42 Å². The Morgan fingerprint density at radius 2 is 2.26 bits per heavy atom. The van der Waals surface area contributed by atoms with E-state index < -0.39 is 0 Å². The van der Waals surface area contributed by atoms with E-state index in [2.05, 4.69) is 51.3 Å². The van der Waals surface area contributed by atoms with Gasteiger partial charge in [-0.05, 0) is 24.5 Å². The Bertz CT molecular complexity index is 562. The van der Waals surface area contributed by atoms with Crippen LogP contribution < -0.4 is 10.6 Å². The summed E-state index contributed by atoms with van der Waals surface area (Å²) < 4.78 is 0. The van der Waals surface area contributed by atoms with Crippen LogP contribution in [0.15, 0.2) is 24.3 Å².